The quantitative estimate of drug-likeness (QED) is 0.541. The van der Waals surface area contributed by atoms with Gasteiger partial charge in [0.05, 0.1) is 18.3 Å². The number of fused-ring (bicyclic) bond motifs is 1. The van der Waals surface area contributed by atoms with Crippen molar-refractivity contribution in [2.45, 2.75) is 51.6 Å². The Morgan fingerprint density at radius 3 is 2.75 bits per heavy atom. The molecule has 0 radical (unpaired) electrons. The Labute approximate surface area is 185 Å². The molecule has 2 aliphatic rings. The number of amides is 1. The van der Waals surface area contributed by atoms with E-state index < -0.39 is 0 Å². The van der Waals surface area contributed by atoms with Crippen molar-refractivity contribution in [3.63, 3.8) is 0 Å². The molecule has 1 fully saturated rings. The molecule has 0 unspecified atom stereocenters. The Morgan fingerprint density at radius 1 is 1.25 bits per heavy atom. The van der Waals surface area contributed by atoms with Crippen LogP contribution in [0.25, 0.3) is 0 Å². The molecule has 9 heteroatoms. The number of aromatic nitrogens is 4. The summed E-state index contributed by atoms with van der Waals surface area (Å²) in [6.45, 7) is 4.62. The van der Waals surface area contributed by atoms with Crippen LogP contribution in [0, 0.1) is 5.82 Å². The zero-order valence-electron chi connectivity index (χ0n) is 18.2. The third kappa shape index (κ3) is 4.28. The number of carbonyl (C=O) groups is 1. The molecule has 1 aliphatic carbocycles. The molecule has 1 saturated carbocycles. The minimum Gasteiger partial charge on any atom is -0.348 e. The number of halogens is 1. The second kappa shape index (κ2) is 8.22. The van der Waals surface area contributed by atoms with Crippen molar-refractivity contribution in [1.82, 2.24) is 25.1 Å². The Kier molecular flexibility index (Phi) is 5.24. The minimum atomic E-state index is -0.272. The molecular formula is C23H26FN7O. The van der Waals surface area contributed by atoms with Gasteiger partial charge in [-0.05, 0) is 43.9 Å². The van der Waals surface area contributed by atoms with E-state index in [1.54, 1.807) is 24.0 Å². The van der Waals surface area contributed by atoms with Crippen LogP contribution in [0.3, 0.4) is 0 Å². The summed E-state index contributed by atoms with van der Waals surface area (Å²) in [6.07, 6.45) is 3.06. The number of aromatic amines is 1. The Hall–Kier alpha value is -3.49. The summed E-state index contributed by atoms with van der Waals surface area (Å²) in [4.78, 5) is 23.2. The molecule has 3 heterocycles. The van der Waals surface area contributed by atoms with Crippen molar-refractivity contribution in [3.8, 4) is 0 Å². The number of nitrogens with one attached hydrogen (secondary N) is 3. The Balaban J connectivity index is 1.44. The first kappa shape index (κ1) is 20.4. The predicted octanol–water partition coefficient (Wildman–Crippen LogP) is 4.04. The first-order chi connectivity index (χ1) is 15.5. The van der Waals surface area contributed by atoms with Crippen LogP contribution < -0.4 is 10.6 Å². The van der Waals surface area contributed by atoms with Gasteiger partial charge in [0.25, 0.3) is 0 Å². The smallest absolute Gasteiger partial charge is 0.225 e. The molecule has 32 heavy (non-hydrogen) atoms. The van der Waals surface area contributed by atoms with Crippen molar-refractivity contribution in [1.29, 1.82) is 0 Å². The lowest BCUT2D eigenvalue weighted by Crippen LogP contribution is -2.35. The van der Waals surface area contributed by atoms with Gasteiger partial charge in [0.15, 0.2) is 5.82 Å². The number of nitrogens with zero attached hydrogens (tertiary/aromatic N) is 4. The van der Waals surface area contributed by atoms with E-state index in [9.17, 15) is 9.18 Å². The lowest BCUT2D eigenvalue weighted by molar-refractivity contribution is -0.129. The Morgan fingerprint density at radius 2 is 2.03 bits per heavy atom. The van der Waals surface area contributed by atoms with Crippen LogP contribution in [0.15, 0.2) is 30.3 Å². The number of benzene rings is 1. The molecule has 5 rings (SSSR count). The standard InChI is InChI=1S/C23H26FN7O/c1-13(15-5-7-17(24)8-6-15)25-23-26-20-12-31(14(2)32)10-9-18(20)22(28-23)27-21-11-19(29-30-21)16-3-4-16/h5-8,11,13,16H,3-4,9-10,12H2,1-2H3,(H3,25,26,27,28,29,30)/t13-/m0/s1. The molecule has 0 bridgehead atoms. The molecule has 2 aromatic heterocycles. The Bertz CT molecular complexity index is 1140. The SMILES string of the molecule is CC(=O)N1CCc2c(nc(N[C@@H](C)c3ccc(F)cc3)nc2Nc2cc(C3CC3)[nH]n2)C1. The number of H-pyrrole nitrogens is 1. The third-order valence-corrected chi connectivity index (χ3v) is 6.09. The van der Waals surface area contributed by atoms with Crippen molar-refractivity contribution in [2.75, 3.05) is 17.2 Å². The lowest BCUT2D eigenvalue weighted by Gasteiger charge is -2.29. The molecule has 0 saturated heterocycles. The van der Waals surface area contributed by atoms with Crippen LogP contribution in [0.5, 0.6) is 0 Å². The van der Waals surface area contributed by atoms with Crippen LogP contribution in [0.2, 0.25) is 0 Å². The maximum atomic E-state index is 13.3. The fraction of sp³-hybridized carbons (Fsp3) is 0.391. The highest BCUT2D eigenvalue weighted by atomic mass is 19.1. The number of rotatable bonds is 6. The molecule has 1 aliphatic heterocycles. The fourth-order valence-electron chi connectivity index (χ4n) is 4.02. The van der Waals surface area contributed by atoms with E-state index in [0.29, 0.717) is 37.2 Å². The zero-order valence-corrected chi connectivity index (χ0v) is 18.2. The van der Waals surface area contributed by atoms with E-state index in [-0.39, 0.29) is 17.8 Å². The highest BCUT2D eigenvalue weighted by Gasteiger charge is 2.27. The monoisotopic (exact) mass is 435 g/mol. The average molecular weight is 436 g/mol. The topological polar surface area (TPSA) is 98.8 Å². The van der Waals surface area contributed by atoms with Crippen LogP contribution >= 0.6 is 0 Å². The molecule has 166 valence electrons. The summed E-state index contributed by atoms with van der Waals surface area (Å²) in [7, 11) is 0. The van der Waals surface area contributed by atoms with Crippen LogP contribution in [-0.4, -0.2) is 37.5 Å². The largest absolute Gasteiger partial charge is 0.348 e. The summed E-state index contributed by atoms with van der Waals surface area (Å²) >= 11 is 0. The lowest BCUT2D eigenvalue weighted by atomic mass is 10.1. The van der Waals surface area contributed by atoms with Gasteiger partial charge in [-0.25, -0.2) is 9.37 Å². The van der Waals surface area contributed by atoms with Gasteiger partial charge in [0, 0.05) is 36.7 Å². The fourth-order valence-corrected chi connectivity index (χ4v) is 4.02. The summed E-state index contributed by atoms with van der Waals surface area (Å²) in [6, 6.07) is 8.27. The predicted molar refractivity (Wildman–Crippen MR) is 119 cm³/mol. The highest BCUT2D eigenvalue weighted by molar-refractivity contribution is 5.74. The van der Waals surface area contributed by atoms with Gasteiger partial charge in [-0.3, -0.25) is 9.89 Å². The van der Waals surface area contributed by atoms with Crippen molar-refractivity contribution >= 4 is 23.5 Å². The number of hydrogen-bond donors (Lipinski definition) is 3. The van der Waals surface area contributed by atoms with Gasteiger partial charge in [-0.15, -0.1) is 0 Å². The van der Waals surface area contributed by atoms with Gasteiger partial charge in [-0.1, -0.05) is 12.1 Å². The third-order valence-electron chi connectivity index (χ3n) is 6.09. The van der Waals surface area contributed by atoms with E-state index in [2.05, 4.69) is 20.8 Å². The molecular weight excluding hydrogens is 409 g/mol. The second-order valence-corrected chi connectivity index (χ2v) is 8.54. The average Bonchev–Trinajstić information content (AvgIpc) is 3.52. The van der Waals surface area contributed by atoms with Crippen LogP contribution in [0.4, 0.5) is 22.0 Å². The van der Waals surface area contributed by atoms with Gasteiger partial charge in [-0.2, -0.15) is 10.1 Å². The molecule has 3 aromatic rings. The van der Waals surface area contributed by atoms with Gasteiger partial charge >= 0.3 is 0 Å². The minimum absolute atomic E-state index is 0.0272. The summed E-state index contributed by atoms with van der Waals surface area (Å²) < 4.78 is 13.3. The molecule has 0 spiro atoms. The second-order valence-electron chi connectivity index (χ2n) is 8.54. The first-order valence-electron chi connectivity index (χ1n) is 11.0. The molecule has 1 atom stereocenters. The van der Waals surface area contributed by atoms with E-state index in [1.807, 2.05) is 13.0 Å². The van der Waals surface area contributed by atoms with Gasteiger partial charge in [0.1, 0.15) is 11.6 Å². The van der Waals surface area contributed by atoms with E-state index >= 15 is 0 Å². The maximum absolute atomic E-state index is 13.3. The molecule has 3 N–H and O–H groups in total. The van der Waals surface area contributed by atoms with Gasteiger partial charge in [0.2, 0.25) is 11.9 Å². The number of anilines is 3. The molecule has 8 nitrogen and oxygen atoms in total. The van der Waals surface area contributed by atoms with E-state index in [4.69, 9.17) is 9.97 Å². The highest BCUT2D eigenvalue weighted by Crippen LogP contribution is 2.40. The normalized spacial score (nSPS) is 16.4. The van der Waals surface area contributed by atoms with E-state index in [0.717, 1.165) is 28.3 Å². The van der Waals surface area contributed by atoms with E-state index in [1.165, 1.54) is 25.0 Å². The first-order valence-corrected chi connectivity index (χ1v) is 11.0. The van der Waals surface area contributed by atoms with Crippen molar-refractivity contribution in [3.05, 3.63) is 58.7 Å². The summed E-state index contributed by atoms with van der Waals surface area (Å²) in [5.41, 5.74) is 3.88. The molecule has 1 aromatic carbocycles. The van der Waals surface area contributed by atoms with Gasteiger partial charge < -0.3 is 15.5 Å². The van der Waals surface area contributed by atoms with Crippen molar-refractivity contribution in [2.24, 2.45) is 0 Å². The zero-order chi connectivity index (χ0) is 22.2. The summed E-state index contributed by atoms with van der Waals surface area (Å²) in [5.74, 6) is 2.20. The molecule has 1 amide bonds. The number of carbonyl (C=O) groups excluding carboxylic acids is 1. The van der Waals surface area contributed by atoms with Crippen LogP contribution in [-0.2, 0) is 17.8 Å². The summed E-state index contributed by atoms with van der Waals surface area (Å²) in [5, 5.41) is 14.2. The maximum Gasteiger partial charge on any atom is 0.225 e. The van der Waals surface area contributed by atoms with Crippen LogP contribution in [0.1, 0.15) is 61.2 Å². The number of hydrogen-bond acceptors (Lipinski definition) is 6. The van der Waals surface area contributed by atoms with Crippen molar-refractivity contribution < 1.29 is 9.18 Å².